The first-order valence-electron chi connectivity index (χ1n) is 8.57. The van der Waals surface area contributed by atoms with Gasteiger partial charge in [0.25, 0.3) is 0 Å². The number of carbonyl (C=O) groups excluding carboxylic acids is 1. The summed E-state index contributed by atoms with van der Waals surface area (Å²) in [7, 11) is 3.80. The molecular weight excluding hydrogens is 290 g/mol. The van der Waals surface area contributed by atoms with Gasteiger partial charge in [-0.1, -0.05) is 12.1 Å². The molecule has 126 valence electrons. The molecule has 2 fully saturated rings. The maximum absolute atomic E-state index is 13.0. The molecule has 3 rings (SSSR count). The predicted molar refractivity (Wildman–Crippen MR) is 90.8 cm³/mol. The number of methoxy groups -OCH3 is 1. The lowest BCUT2D eigenvalue weighted by molar-refractivity contribution is 0.0949. The van der Waals surface area contributed by atoms with Crippen molar-refractivity contribution in [1.29, 1.82) is 0 Å². The highest BCUT2D eigenvalue weighted by molar-refractivity contribution is 5.75. The molecule has 0 unspecified atom stereocenters. The van der Waals surface area contributed by atoms with Crippen LogP contribution in [0.1, 0.15) is 30.9 Å². The first-order chi connectivity index (χ1) is 11.2. The molecule has 5 nitrogen and oxygen atoms in total. The summed E-state index contributed by atoms with van der Waals surface area (Å²) in [6.45, 7) is 4.44. The number of ether oxygens (including phenoxy) is 1. The Hall–Kier alpha value is -1.75. The largest absolute Gasteiger partial charge is 0.497 e. The van der Waals surface area contributed by atoms with Crippen LogP contribution < -0.4 is 4.74 Å². The molecule has 2 aliphatic heterocycles. The molecule has 0 saturated carbocycles. The smallest absolute Gasteiger partial charge is 0.320 e. The molecule has 5 heteroatoms. The van der Waals surface area contributed by atoms with Crippen LogP contribution in [0.3, 0.4) is 0 Å². The van der Waals surface area contributed by atoms with Gasteiger partial charge in [-0.05, 0) is 44.0 Å². The lowest BCUT2D eigenvalue weighted by atomic mass is 9.95. The summed E-state index contributed by atoms with van der Waals surface area (Å²) in [6, 6.07) is 8.53. The average Bonchev–Trinajstić information content (AvgIpc) is 2.62. The number of likely N-dealkylation sites (tertiary alicyclic amines) is 1. The molecular formula is C18H27N3O2. The lowest BCUT2D eigenvalue weighted by Crippen LogP contribution is -2.53. The number of piperidine rings is 1. The van der Waals surface area contributed by atoms with E-state index >= 15 is 0 Å². The number of benzene rings is 1. The molecule has 1 aromatic carbocycles. The topological polar surface area (TPSA) is 36.0 Å². The van der Waals surface area contributed by atoms with Crippen molar-refractivity contribution in [3.63, 3.8) is 0 Å². The van der Waals surface area contributed by atoms with E-state index in [1.54, 1.807) is 7.11 Å². The van der Waals surface area contributed by atoms with Crippen LogP contribution >= 0.6 is 0 Å². The van der Waals surface area contributed by atoms with E-state index in [9.17, 15) is 4.79 Å². The molecule has 0 radical (unpaired) electrons. The summed E-state index contributed by atoms with van der Waals surface area (Å²) in [5.74, 6) is 0.861. The summed E-state index contributed by atoms with van der Waals surface area (Å²) in [5, 5.41) is 0. The molecule has 2 aliphatic rings. The summed E-state index contributed by atoms with van der Waals surface area (Å²) in [5.41, 5.74) is 1.19. The third kappa shape index (κ3) is 3.61. The van der Waals surface area contributed by atoms with E-state index in [4.69, 9.17) is 4.74 Å². The molecule has 0 N–H and O–H groups in total. The Kier molecular flexibility index (Phi) is 5.06. The fraction of sp³-hybridized carbons (Fsp3) is 0.611. The van der Waals surface area contributed by atoms with Crippen molar-refractivity contribution >= 4 is 6.03 Å². The lowest BCUT2D eigenvalue weighted by Gasteiger charge is -2.41. The molecule has 0 bridgehead atoms. The van der Waals surface area contributed by atoms with E-state index in [2.05, 4.69) is 29.0 Å². The Bertz CT molecular complexity index is 541. The van der Waals surface area contributed by atoms with E-state index < -0.39 is 0 Å². The van der Waals surface area contributed by atoms with Crippen LogP contribution in [0.4, 0.5) is 4.79 Å². The summed E-state index contributed by atoms with van der Waals surface area (Å²) in [4.78, 5) is 19.4. The van der Waals surface area contributed by atoms with Gasteiger partial charge in [0.1, 0.15) is 5.75 Å². The molecule has 1 atom stereocenters. The number of urea groups is 1. The number of rotatable bonds is 2. The third-order valence-corrected chi connectivity index (χ3v) is 5.00. The second-order valence-corrected chi connectivity index (χ2v) is 6.55. The van der Waals surface area contributed by atoms with E-state index in [1.807, 2.05) is 17.0 Å². The quantitative estimate of drug-likeness (QED) is 0.841. The summed E-state index contributed by atoms with van der Waals surface area (Å²) < 4.78 is 5.35. The van der Waals surface area contributed by atoms with Crippen LogP contribution in [-0.4, -0.2) is 67.6 Å². The zero-order valence-electron chi connectivity index (χ0n) is 14.2. The normalized spacial score (nSPS) is 23.0. The van der Waals surface area contributed by atoms with Crippen molar-refractivity contribution in [1.82, 2.24) is 14.7 Å². The predicted octanol–water partition coefficient (Wildman–Crippen LogP) is 2.59. The number of nitrogens with zero attached hydrogens (tertiary/aromatic N) is 3. The van der Waals surface area contributed by atoms with Crippen molar-refractivity contribution in [3.05, 3.63) is 29.8 Å². The van der Waals surface area contributed by atoms with Gasteiger partial charge in [-0.2, -0.15) is 0 Å². The van der Waals surface area contributed by atoms with Crippen LogP contribution in [0.15, 0.2) is 24.3 Å². The van der Waals surface area contributed by atoms with Crippen LogP contribution in [0.25, 0.3) is 0 Å². The van der Waals surface area contributed by atoms with Gasteiger partial charge in [-0.3, -0.25) is 0 Å². The molecule has 0 aliphatic carbocycles. The number of piperazine rings is 1. The van der Waals surface area contributed by atoms with Crippen LogP contribution in [0.2, 0.25) is 0 Å². The first-order valence-corrected chi connectivity index (χ1v) is 8.57. The first kappa shape index (κ1) is 16.1. The molecule has 0 aromatic heterocycles. The maximum atomic E-state index is 13.0. The van der Waals surface area contributed by atoms with Crippen molar-refractivity contribution in [2.24, 2.45) is 0 Å². The van der Waals surface area contributed by atoms with Gasteiger partial charge in [0.15, 0.2) is 0 Å². The maximum Gasteiger partial charge on any atom is 0.320 e. The van der Waals surface area contributed by atoms with Crippen molar-refractivity contribution in [3.8, 4) is 5.75 Å². The van der Waals surface area contributed by atoms with E-state index in [1.165, 1.54) is 12.0 Å². The van der Waals surface area contributed by atoms with Crippen LogP contribution in [-0.2, 0) is 0 Å². The van der Waals surface area contributed by atoms with E-state index in [0.29, 0.717) is 0 Å². The van der Waals surface area contributed by atoms with Gasteiger partial charge in [-0.25, -0.2) is 4.79 Å². The number of amides is 2. The Morgan fingerprint density at radius 2 is 1.91 bits per heavy atom. The summed E-state index contributed by atoms with van der Waals surface area (Å²) >= 11 is 0. The molecule has 1 aromatic rings. The second kappa shape index (κ2) is 7.21. The highest BCUT2D eigenvalue weighted by Gasteiger charge is 2.32. The SMILES string of the molecule is COc1cccc([C@@H]2CCCCN2C(=O)N2CCN(C)CC2)c1. The number of hydrogen-bond donors (Lipinski definition) is 0. The van der Waals surface area contributed by atoms with Gasteiger partial charge in [0.2, 0.25) is 0 Å². The van der Waals surface area contributed by atoms with Gasteiger partial charge in [0.05, 0.1) is 13.2 Å². The highest BCUT2D eigenvalue weighted by Crippen LogP contribution is 2.33. The number of carbonyl (C=O) groups is 1. The fourth-order valence-electron chi connectivity index (χ4n) is 3.54. The minimum atomic E-state index is 0.172. The van der Waals surface area contributed by atoms with Crippen molar-refractivity contribution in [2.45, 2.75) is 25.3 Å². The van der Waals surface area contributed by atoms with Crippen molar-refractivity contribution < 1.29 is 9.53 Å². The number of hydrogen-bond acceptors (Lipinski definition) is 3. The van der Waals surface area contributed by atoms with Gasteiger partial charge < -0.3 is 19.4 Å². The Morgan fingerprint density at radius 1 is 1.13 bits per heavy atom. The molecule has 2 heterocycles. The standard InChI is InChI=1S/C18H27N3O2/c1-19-10-12-20(13-11-19)18(22)21-9-4-3-8-17(21)15-6-5-7-16(14-15)23-2/h5-7,14,17H,3-4,8-13H2,1-2H3/t17-/m0/s1. The van der Waals surface area contributed by atoms with Crippen molar-refractivity contribution in [2.75, 3.05) is 46.9 Å². The minimum absolute atomic E-state index is 0.172. The molecule has 2 saturated heterocycles. The monoisotopic (exact) mass is 317 g/mol. The van der Waals surface area contributed by atoms with E-state index in [-0.39, 0.29) is 12.1 Å². The summed E-state index contributed by atoms with van der Waals surface area (Å²) in [6.07, 6.45) is 3.31. The van der Waals surface area contributed by atoms with Gasteiger partial charge in [0, 0.05) is 32.7 Å². The average molecular weight is 317 g/mol. The fourth-order valence-corrected chi connectivity index (χ4v) is 3.54. The van der Waals surface area contributed by atoms with E-state index in [0.717, 1.165) is 51.3 Å². The minimum Gasteiger partial charge on any atom is -0.497 e. The second-order valence-electron chi connectivity index (χ2n) is 6.55. The Labute approximate surface area is 138 Å². The Balaban J connectivity index is 1.76. The highest BCUT2D eigenvalue weighted by atomic mass is 16.5. The molecule has 2 amide bonds. The third-order valence-electron chi connectivity index (χ3n) is 5.00. The zero-order valence-corrected chi connectivity index (χ0v) is 14.2. The van der Waals surface area contributed by atoms with Gasteiger partial charge in [-0.15, -0.1) is 0 Å². The molecule has 23 heavy (non-hydrogen) atoms. The number of likely N-dealkylation sites (N-methyl/N-ethyl adjacent to an activating group) is 1. The Morgan fingerprint density at radius 3 is 2.65 bits per heavy atom. The zero-order chi connectivity index (χ0) is 16.2. The van der Waals surface area contributed by atoms with Gasteiger partial charge >= 0.3 is 6.03 Å². The van der Waals surface area contributed by atoms with Crippen LogP contribution in [0.5, 0.6) is 5.75 Å². The molecule has 0 spiro atoms. The van der Waals surface area contributed by atoms with Crippen LogP contribution in [0, 0.1) is 0 Å².